The van der Waals surface area contributed by atoms with Crippen LogP contribution in [0.15, 0.2) is 49.1 Å². The predicted octanol–water partition coefficient (Wildman–Crippen LogP) is 2.84. The molecule has 0 bridgehead atoms. The lowest BCUT2D eigenvalue weighted by atomic mass is 10.3. The lowest BCUT2D eigenvalue weighted by molar-refractivity contribution is 0.797. The molecule has 3 aromatic heterocycles. The lowest BCUT2D eigenvalue weighted by Gasteiger charge is -2.12. The second-order valence-electron chi connectivity index (χ2n) is 3.73. The highest BCUT2D eigenvalue weighted by Crippen LogP contribution is 2.15. The molecule has 0 radical (unpaired) electrons. The summed E-state index contributed by atoms with van der Waals surface area (Å²) in [6.07, 6.45) is 4.99. The first-order chi connectivity index (χ1) is 9.25. The highest BCUT2D eigenvalue weighted by molar-refractivity contribution is 7.71. The van der Waals surface area contributed by atoms with Crippen molar-refractivity contribution in [1.29, 1.82) is 0 Å². The molecule has 0 aliphatic carbocycles. The van der Waals surface area contributed by atoms with E-state index in [4.69, 9.17) is 23.8 Å². The summed E-state index contributed by atoms with van der Waals surface area (Å²) in [5.41, 5.74) is 0.856. The largest absolute Gasteiger partial charge is 0.284 e. The average Bonchev–Trinajstić information content (AvgIpc) is 2.86. The van der Waals surface area contributed by atoms with Crippen LogP contribution in [0.5, 0.6) is 0 Å². The van der Waals surface area contributed by atoms with Crippen LogP contribution in [0.4, 0.5) is 0 Å². The van der Waals surface area contributed by atoms with Crippen molar-refractivity contribution in [3.8, 4) is 11.5 Å². The normalized spacial score (nSPS) is 10.6. The van der Waals surface area contributed by atoms with Crippen molar-refractivity contribution in [2.24, 2.45) is 0 Å². The molecule has 3 aromatic rings. The molecule has 0 atom stereocenters. The Morgan fingerprint density at radius 1 is 1.16 bits per heavy atom. The molecule has 0 spiro atoms. The van der Waals surface area contributed by atoms with Crippen molar-refractivity contribution >= 4 is 23.8 Å². The topological polar surface area (TPSA) is 48.5 Å². The van der Waals surface area contributed by atoms with Gasteiger partial charge in [0, 0.05) is 6.20 Å². The van der Waals surface area contributed by atoms with Gasteiger partial charge in [-0.15, -0.1) is 5.10 Å². The van der Waals surface area contributed by atoms with Crippen LogP contribution in [0.25, 0.3) is 11.5 Å². The molecule has 0 saturated heterocycles. The minimum absolute atomic E-state index is 0.188. The van der Waals surface area contributed by atoms with Crippen LogP contribution in [-0.4, -0.2) is 24.3 Å². The summed E-state index contributed by atoms with van der Waals surface area (Å²) in [7, 11) is 0. The van der Waals surface area contributed by atoms with Gasteiger partial charge >= 0.3 is 0 Å². The summed E-state index contributed by atoms with van der Waals surface area (Å²) >= 11 is 11.1. The second kappa shape index (κ2) is 4.91. The zero-order valence-corrected chi connectivity index (χ0v) is 11.2. The maximum Gasteiger partial charge on any atom is 0.242 e. The van der Waals surface area contributed by atoms with E-state index >= 15 is 0 Å². The lowest BCUT2D eigenvalue weighted by Crippen LogP contribution is -2.08. The van der Waals surface area contributed by atoms with Gasteiger partial charge in [0.25, 0.3) is 0 Å². The molecule has 0 unspecified atom stereocenters. The summed E-state index contributed by atoms with van der Waals surface area (Å²) < 4.78 is 4.08. The van der Waals surface area contributed by atoms with Crippen LogP contribution in [0, 0.1) is 4.64 Å². The molecule has 0 aromatic carbocycles. The molecule has 19 heavy (non-hydrogen) atoms. The van der Waals surface area contributed by atoms with Crippen LogP contribution in [0.1, 0.15) is 0 Å². The van der Waals surface area contributed by atoms with Crippen LogP contribution in [0.2, 0.25) is 5.28 Å². The summed E-state index contributed by atoms with van der Waals surface area (Å²) in [6.45, 7) is 0. The molecule has 3 heterocycles. The van der Waals surface area contributed by atoms with Crippen molar-refractivity contribution in [1.82, 2.24) is 24.3 Å². The third kappa shape index (κ3) is 2.27. The van der Waals surface area contributed by atoms with E-state index in [2.05, 4.69) is 15.1 Å². The van der Waals surface area contributed by atoms with Gasteiger partial charge in [0.15, 0.2) is 0 Å². The average molecular weight is 290 g/mol. The second-order valence-corrected chi connectivity index (χ2v) is 4.48. The zero-order valence-electron chi connectivity index (χ0n) is 9.64. The quantitative estimate of drug-likeness (QED) is 0.681. The summed E-state index contributed by atoms with van der Waals surface area (Å²) in [5.74, 6) is 0.750. The first kappa shape index (κ1) is 12.0. The van der Waals surface area contributed by atoms with Crippen molar-refractivity contribution in [2.45, 2.75) is 0 Å². The molecule has 0 aliphatic heterocycles. The fourth-order valence-electron chi connectivity index (χ4n) is 1.76. The SMILES string of the molecule is S=c1cccc(-n2cnc(Cl)n2)n1-c1cccnc1. The van der Waals surface area contributed by atoms with Gasteiger partial charge in [-0.2, -0.15) is 0 Å². The van der Waals surface area contributed by atoms with Crippen molar-refractivity contribution in [3.05, 3.63) is 59.0 Å². The molecule has 0 saturated carbocycles. The van der Waals surface area contributed by atoms with Gasteiger partial charge < -0.3 is 0 Å². The highest BCUT2D eigenvalue weighted by atomic mass is 35.5. The van der Waals surface area contributed by atoms with E-state index in [0.29, 0.717) is 4.64 Å². The number of aromatic nitrogens is 5. The molecular formula is C12H8ClN5S. The van der Waals surface area contributed by atoms with Gasteiger partial charge in [-0.1, -0.05) is 18.3 Å². The first-order valence-electron chi connectivity index (χ1n) is 5.46. The molecular weight excluding hydrogens is 282 g/mol. The fourth-order valence-corrected chi connectivity index (χ4v) is 2.16. The number of halogens is 1. The Kier molecular flexibility index (Phi) is 3.10. The van der Waals surface area contributed by atoms with Crippen LogP contribution in [-0.2, 0) is 0 Å². The van der Waals surface area contributed by atoms with Gasteiger partial charge in [-0.25, -0.2) is 9.67 Å². The van der Waals surface area contributed by atoms with E-state index in [1.165, 1.54) is 0 Å². The highest BCUT2D eigenvalue weighted by Gasteiger charge is 2.08. The number of rotatable bonds is 2. The van der Waals surface area contributed by atoms with Crippen molar-refractivity contribution < 1.29 is 0 Å². The minimum atomic E-state index is 0.188. The van der Waals surface area contributed by atoms with Crippen molar-refractivity contribution in [3.63, 3.8) is 0 Å². The van der Waals surface area contributed by atoms with E-state index in [0.717, 1.165) is 11.5 Å². The zero-order chi connectivity index (χ0) is 13.2. The molecule has 0 aliphatic rings. The van der Waals surface area contributed by atoms with Gasteiger partial charge in [-0.05, 0) is 35.9 Å². The standard InChI is InChI=1S/C12H8ClN5S/c13-12-15-8-17(16-12)10-4-1-5-11(19)18(10)9-3-2-6-14-7-9/h1-8H. The Bertz CT molecular complexity index is 765. The number of hydrogen-bond donors (Lipinski definition) is 0. The predicted molar refractivity (Wildman–Crippen MR) is 74.3 cm³/mol. The van der Waals surface area contributed by atoms with Gasteiger partial charge in [-0.3, -0.25) is 9.55 Å². The van der Waals surface area contributed by atoms with E-state index in [-0.39, 0.29) is 5.28 Å². The fraction of sp³-hybridized carbons (Fsp3) is 0. The smallest absolute Gasteiger partial charge is 0.242 e. The van der Waals surface area contributed by atoms with Gasteiger partial charge in [0.05, 0.1) is 11.9 Å². The van der Waals surface area contributed by atoms with Crippen LogP contribution < -0.4 is 0 Å². The Hall–Kier alpha value is -2.05. The third-order valence-electron chi connectivity index (χ3n) is 2.54. The van der Waals surface area contributed by atoms with E-state index in [9.17, 15) is 0 Å². The Morgan fingerprint density at radius 2 is 2.05 bits per heavy atom. The number of hydrogen-bond acceptors (Lipinski definition) is 4. The number of nitrogens with zero attached hydrogens (tertiary/aromatic N) is 5. The van der Waals surface area contributed by atoms with Gasteiger partial charge in [0.2, 0.25) is 5.28 Å². The van der Waals surface area contributed by atoms with E-state index in [1.807, 2.05) is 34.9 Å². The maximum absolute atomic E-state index is 5.76. The molecule has 5 nitrogen and oxygen atoms in total. The Labute approximate surface area is 119 Å². The maximum atomic E-state index is 5.76. The van der Waals surface area contributed by atoms with Crippen molar-refractivity contribution in [2.75, 3.05) is 0 Å². The van der Waals surface area contributed by atoms with Crippen LogP contribution in [0.3, 0.4) is 0 Å². The molecule has 7 heteroatoms. The summed E-state index contributed by atoms with van der Waals surface area (Å²) in [6, 6.07) is 9.35. The molecule has 0 fully saturated rings. The third-order valence-corrected chi connectivity index (χ3v) is 3.03. The van der Waals surface area contributed by atoms with E-state index in [1.54, 1.807) is 23.4 Å². The Balaban J connectivity index is 2.27. The number of pyridine rings is 2. The molecule has 94 valence electrons. The summed E-state index contributed by atoms with van der Waals surface area (Å²) in [4.78, 5) is 8.02. The molecule has 0 amide bonds. The molecule has 0 N–H and O–H groups in total. The summed E-state index contributed by atoms with van der Waals surface area (Å²) in [5, 5.41) is 4.28. The van der Waals surface area contributed by atoms with Crippen LogP contribution >= 0.6 is 23.8 Å². The van der Waals surface area contributed by atoms with Gasteiger partial charge in [0.1, 0.15) is 16.8 Å². The molecule has 3 rings (SSSR count). The minimum Gasteiger partial charge on any atom is -0.284 e. The monoisotopic (exact) mass is 289 g/mol. The van der Waals surface area contributed by atoms with E-state index < -0.39 is 0 Å². The first-order valence-corrected chi connectivity index (χ1v) is 6.24. The Morgan fingerprint density at radius 3 is 2.74 bits per heavy atom.